The van der Waals surface area contributed by atoms with E-state index in [1.165, 1.54) is 6.20 Å². The first-order valence-corrected chi connectivity index (χ1v) is 10.4. The van der Waals surface area contributed by atoms with E-state index in [9.17, 15) is 35.7 Å². The Morgan fingerprint density at radius 2 is 1.78 bits per heavy atom. The number of nitrogens with one attached hydrogen (secondary N) is 1. The Bertz CT molecular complexity index is 1550. The third kappa shape index (κ3) is 3.52. The molecule has 4 rings (SSSR count). The summed E-state index contributed by atoms with van der Waals surface area (Å²) in [4.78, 5) is 27.4. The molecule has 32 heavy (non-hydrogen) atoms. The van der Waals surface area contributed by atoms with Crippen LogP contribution in [0.3, 0.4) is 0 Å². The fourth-order valence-corrected chi connectivity index (χ4v) is 4.24. The molecule has 166 valence electrons. The largest absolute Gasteiger partial charge is 0.417 e. The molecule has 0 fully saturated rings. The summed E-state index contributed by atoms with van der Waals surface area (Å²) in [6, 6.07) is 7.84. The van der Waals surface area contributed by atoms with Crippen LogP contribution in [0.25, 0.3) is 21.8 Å². The van der Waals surface area contributed by atoms with E-state index in [4.69, 9.17) is 5.73 Å². The second-order valence-corrected chi connectivity index (χ2v) is 8.43. The number of rotatable bonds is 4. The van der Waals surface area contributed by atoms with E-state index in [2.05, 4.69) is 4.98 Å². The van der Waals surface area contributed by atoms with Gasteiger partial charge in [0.15, 0.2) is 0 Å². The third-order valence-corrected chi connectivity index (χ3v) is 5.92. The van der Waals surface area contributed by atoms with Gasteiger partial charge in [0, 0.05) is 34.1 Å². The Kier molecular flexibility index (Phi) is 4.86. The van der Waals surface area contributed by atoms with Crippen molar-refractivity contribution in [2.45, 2.75) is 17.1 Å². The number of H-pyrrole nitrogens is 1. The summed E-state index contributed by atoms with van der Waals surface area (Å²) in [5, 5.41) is -0.177. The first kappa shape index (κ1) is 21.6. The van der Waals surface area contributed by atoms with Gasteiger partial charge in [-0.15, -0.1) is 0 Å². The minimum atomic E-state index is -5.02. The molecule has 2 heterocycles. The monoisotopic (exact) mass is 465 g/mol. The van der Waals surface area contributed by atoms with Crippen LogP contribution >= 0.6 is 0 Å². The highest BCUT2D eigenvalue weighted by Gasteiger charge is 2.36. The van der Waals surface area contributed by atoms with E-state index in [1.54, 1.807) is 24.3 Å². The number of pyridine rings is 1. The average Bonchev–Trinajstić information content (AvgIpc) is 3.11. The Labute approximate surface area is 177 Å². The minimum absolute atomic E-state index is 0.245. The zero-order valence-electron chi connectivity index (χ0n) is 15.9. The predicted molar refractivity (Wildman–Crippen MR) is 109 cm³/mol. The summed E-state index contributed by atoms with van der Waals surface area (Å²) in [5.41, 5.74) is 3.45. The maximum Gasteiger partial charge on any atom is 0.417 e. The number of nitrogens with zero attached hydrogens (tertiary/aromatic N) is 1. The Morgan fingerprint density at radius 3 is 2.41 bits per heavy atom. The summed E-state index contributed by atoms with van der Waals surface area (Å²) >= 11 is 0. The fourth-order valence-electron chi connectivity index (χ4n) is 3.73. The van der Waals surface area contributed by atoms with Crippen LogP contribution in [-0.4, -0.2) is 28.4 Å². The van der Waals surface area contributed by atoms with Crippen molar-refractivity contribution < 1.29 is 30.9 Å². The first-order chi connectivity index (χ1) is 14.9. The van der Waals surface area contributed by atoms with Gasteiger partial charge in [-0.2, -0.15) is 21.6 Å². The average molecular weight is 465 g/mol. The molecule has 2 aromatic heterocycles. The van der Waals surface area contributed by atoms with Crippen molar-refractivity contribution >= 4 is 37.8 Å². The van der Waals surface area contributed by atoms with E-state index >= 15 is 0 Å². The molecule has 4 N–H and O–H groups in total. The van der Waals surface area contributed by atoms with Gasteiger partial charge >= 0.3 is 6.18 Å². The molecule has 0 spiro atoms. The molecule has 1 unspecified atom stereocenters. The Morgan fingerprint density at radius 1 is 1.09 bits per heavy atom. The molecule has 0 saturated heterocycles. The van der Waals surface area contributed by atoms with Crippen molar-refractivity contribution in [2.24, 2.45) is 5.73 Å². The maximum atomic E-state index is 13.6. The molecule has 0 saturated carbocycles. The quantitative estimate of drug-likeness (QED) is 0.398. The van der Waals surface area contributed by atoms with Crippen LogP contribution in [0.1, 0.15) is 17.2 Å². The standard InChI is InChI=1S/C20H14F3N3O5S/c21-20(22,23)14-8-17(27)26(16-6-5-10(7-12(14)16)32(29,30)31)18(19(24)28)13-9-25-15-4-2-1-3-11(13)15/h1-9,18,25H,(H2,24,28)(H,29,30,31). The van der Waals surface area contributed by atoms with Crippen molar-refractivity contribution in [3.05, 3.63) is 76.2 Å². The van der Waals surface area contributed by atoms with E-state index in [-0.39, 0.29) is 17.1 Å². The lowest BCUT2D eigenvalue weighted by molar-refractivity contribution is -0.136. The number of aromatic amines is 1. The molecule has 4 aromatic rings. The molecule has 0 radical (unpaired) electrons. The fraction of sp³-hybridized carbons (Fsp3) is 0.100. The number of halogens is 3. The lowest BCUT2D eigenvalue weighted by Crippen LogP contribution is -2.35. The molecule has 2 aromatic carbocycles. The first-order valence-electron chi connectivity index (χ1n) is 8.99. The van der Waals surface area contributed by atoms with Crippen molar-refractivity contribution in [1.82, 2.24) is 9.55 Å². The smallest absolute Gasteiger partial charge is 0.368 e. The van der Waals surface area contributed by atoms with Gasteiger partial charge in [-0.05, 0) is 24.3 Å². The molecule has 1 amide bonds. The summed E-state index contributed by atoms with van der Waals surface area (Å²) < 4.78 is 74.0. The van der Waals surface area contributed by atoms with E-state index in [0.29, 0.717) is 17.0 Å². The number of aromatic nitrogens is 2. The lowest BCUT2D eigenvalue weighted by Gasteiger charge is -2.21. The molecule has 8 nitrogen and oxygen atoms in total. The highest BCUT2D eigenvalue weighted by Crippen LogP contribution is 2.36. The van der Waals surface area contributed by atoms with Crippen molar-refractivity contribution in [1.29, 1.82) is 0 Å². The summed E-state index contributed by atoms with van der Waals surface area (Å²) in [6.45, 7) is 0. The normalized spacial score (nSPS) is 13.5. The van der Waals surface area contributed by atoms with Gasteiger partial charge in [-0.25, -0.2) is 0 Å². The second-order valence-electron chi connectivity index (χ2n) is 7.01. The van der Waals surface area contributed by atoms with Crippen LogP contribution in [-0.2, 0) is 21.1 Å². The Hall–Kier alpha value is -3.64. The molecule has 0 aliphatic carbocycles. The summed E-state index contributed by atoms with van der Waals surface area (Å²) in [5.74, 6) is -1.02. The SMILES string of the molecule is NC(=O)C(c1c[nH]c2ccccc12)n1c(=O)cc(C(F)(F)F)c2cc(S(=O)(=O)O)ccc21. The number of carbonyl (C=O) groups is 1. The number of fused-ring (bicyclic) bond motifs is 2. The number of benzene rings is 2. The number of hydrogen-bond donors (Lipinski definition) is 3. The van der Waals surface area contributed by atoms with Gasteiger partial charge in [0.25, 0.3) is 15.7 Å². The number of para-hydroxylation sites is 1. The van der Waals surface area contributed by atoms with E-state index in [0.717, 1.165) is 16.7 Å². The van der Waals surface area contributed by atoms with Crippen LogP contribution in [0.2, 0.25) is 0 Å². The van der Waals surface area contributed by atoms with Gasteiger partial charge in [-0.3, -0.25) is 18.7 Å². The molecule has 0 bridgehead atoms. The van der Waals surface area contributed by atoms with Crippen molar-refractivity contribution in [3.8, 4) is 0 Å². The zero-order chi connectivity index (χ0) is 23.4. The number of nitrogens with two attached hydrogens (primary N) is 1. The third-order valence-electron chi connectivity index (χ3n) is 5.07. The lowest BCUT2D eigenvalue weighted by atomic mass is 10.0. The van der Waals surface area contributed by atoms with Crippen molar-refractivity contribution in [2.75, 3.05) is 0 Å². The molecular weight excluding hydrogens is 451 g/mol. The van der Waals surface area contributed by atoms with Crippen LogP contribution < -0.4 is 11.3 Å². The van der Waals surface area contributed by atoms with Gasteiger partial charge in [-0.1, -0.05) is 18.2 Å². The second kappa shape index (κ2) is 7.21. The zero-order valence-corrected chi connectivity index (χ0v) is 16.7. The van der Waals surface area contributed by atoms with Crippen molar-refractivity contribution in [3.63, 3.8) is 0 Å². The van der Waals surface area contributed by atoms with Gasteiger partial charge in [0.1, 0.15) is 6.04 Å². The number of alkyl halides is 3. The highest BCUT2D eigenvalue weighted by molar-refractivity contribution is 7.85. The van der Waals surface area contributed by atoms with Crippen LogP contribution in [0, 0.1) is 0 Å². The summed E-state index contributed by atoms with van der Waals surface area (Å²) in [7, 11) is -4.84. The van der Waals surface area contributed by atoms with E-state index in [1.807, 2.05) is 0 Å². The topological polar surface area (TPSA) is 135 Å². The minimum Gasteiger partial charge on any atom is -0.368 e. The van der Waals surface area contributed by atoms with Crippen LogP contribution in [0.15, 0.2) is 64.4 Å². The molecule has 0 aliphatic rings. The van der Waals surface area contributed by atoms with Gasteiger partial charge in [0.2, 0.25) is 5.91 Å². The van der Waals surface area contributed by atoms with Gasteiger partial charge in [0.05, 0.1) is 16.0 Å². The van der Waals surface area contributed by atoms with Crippen LogP contribution in [0.4, 0.5) is 13.2 Å². The number of carbonyl (C=O) groups excluding carboxylic acids is 1. The van der Waals surface area contributed by atoms with Gasteiger partial charge < -0.3 is 10.7 Å². The molecule has 1 atom stereocenters. The molecule has 12 heteroatoms. The molecular formula is C20H14F3N3O5S. The molecule has 0 aliphatic heterocycles. The number of primary amides is 1. The number of hydrogen-bond acceptors (Lipinski definition) is 4. The highest BCUT2D eigenvalue weighted by atomic mass is 32.2. The maximum absolute atomic E-state index is 13.6. The van der Waals surface area contributed by atoms with Crippen LogP contribution in [0.5, 0.6) is 0 Å². The summed E-state index contributed by atoms with van der Waals surface area (Å²) in [6.07, 6.45) is -3.60. The Balaban J connectivity index is 2.13. The van der Waals surface area contributed by atoms with E-state index < -0.39 is 49.6 Å². The number of amides is 1. The predicted octanol–water partition coefficient (Wildman–Crippen LogP) is 2.82.